The number of aromatic nitrogens is 3. The maximum Gasteiger partial charge on any atom is 0.254 e. The van der Waals surface area contributed by atoms with Crippen LogP contribution in [0.15, 0.2) is 60.1 Å². The molecule has 9 nitrogen and oxygen atoms in total. The lowest BCUT2D eigenvalue weighted by Gasteiger charge is -2.50. The topological polar surface area (TPSA) is 106 Å². The fraction of sp³-hybridized carbons (Fsp3) is 0.484. The Morgan fingerprint density at radius 3 is 2.15 bits per heavy atom. The normalized spacial score (nSPS) is 19.1. The van der Waals surface area contributed by atoms with E-state index < -0.39 is 9.84 Å². The van der Waals surface area contributed by atoms with Gasteiger partial charge in [0, 0.05) is 61.2 Å². The summed E-state index contributed by atoms with van der Waals surface area (Å²) in [6.07, 6.45) is 13.0. The van der Waals surface area contributed by atoms with Crippen molar-refractivity contribution < 1.29 is 17.9 Å². The van der Waals surface area contributed by atoms with Gasteiger partial charge in [-0.25, -0.2) is 13.4 Å². The molecule has 41 heavy (non-hydrogen) atoms. The Balaban J connectivity index is 1.25. The van der Waals surface area contributed by atoms with E-state index in [1.807, 2.05) is 30.9 Å². The molecule has 2 aromatic heterocycles. The largest absolute Gasteiger partial charge is 0.468 e. The van der Waals surface area contributed by atoms with Gasteiger partial charge in [-0.1, -0.05) is 12.1 Å². The number of carbonyl (C=O) groups excluding carboxylic acids is 1. The van der Waals surface area contributed by atoms with E-state index in [1.165, 1.54) is 6.26 Å². The van der Waals surface area contributed by atoms with Crippen LogP contribution in [0.2, 0.25) is 0 Å². The monoisotopic (exact) mass is 577 g/mol. The van der Waals surface area contributed by atoms with E-state index >= 15 is 0 Å². The summed E-state index contributed by atoms with van der Waals surface area (Å²) in [5.41, 5.74) is 3.59. The molecule has 2 saturated heterocycles. The number of nitrogens with zero attached hydrogens (tertiary/aromatic N) is 5. The van der Waals surface area contributed by atoms with Crippen molar-refractivity contribution in [3.8, 4) is 5.88 Å². The Kier molecular flexibility index (Phi) is 8.42. The third-order valence-corrected chi connectivity index (χ3v) is 9.95. The Hall–Kier alpha value is -3.37. The Bertz CT molecular complexity index is 1440. The van der Waals surface area contributed by atoms with E-state index in [0.717, 1.165) is 74.1 Å². The first-order valence-electron chi connectivity index (χ1n) is 14.2. The lowest BCUT2D eigenvalue weighted by molar-refractivity contribution is -0.00620. The molecule has 10 heteroatoms. The first-order chi connectivity index (χ1) is 19.5. The third-order valence-electron chi connectivity index (χ3n) is 8.82. The molecule has 5 rings (SSSR count). The van der Waals surface area contributed by atoms with Crippen LogP contribution in [-0.2, 0) is 9.84 Å². The van der Waals surface area contributed by atoms with E-state index in [4.69, 9.17) is 4.74 Å². The molecule has 0 bridgehead atoms. The zero-order valence-electron chi connectivity index (χ0n) is 24.3. The standard InChI is InChI=1S/C31H39N5O4S/c1-22-19-33-20-23(2)28(22)30(37)35-17-11-31(3,12-18-35)36-15-9-25(10-16-36)29(40-27-21-32-13-14-34-27)24-5-7-26(8-6-24)41(4,38)39/h5-8,13-14,19-21,25,29H,9-12,15-18H2,1-4H3. The van der Waals surface area contributed by atoms with Crippen molar-refractivity contribution in [2.75, 3.05) is 32.4 Å². The van der Waals surface area contributed by atoms with Gasteiger partial charge in [0.1, 0.15) is 6.10 Å². The molecule has 2 aliphatic rings. The summed E-state index contributed by atoms with van der Waals surface area (Å²) in [4.78, 5) is 30.9. The molecule has 0 radical (unpaired) electrons. The number of ether oxygens (including phenoxy) is 1. The van der Waals surface area contributed by atoms with Crippen molar-refractivity contribution in [2.45, 2.75) is 63.0 Å². The summed E-state index contributed by atoms with van der Waals surface area (Å²) in [7, 11) is -3.28. The number of hydrogen-bond donors (Lipinski definition) is 0. The molecular weight excluding hydrogens is 538 g/mol. The quantitative estimate of drug-likeness (QED) is 0.406. The number of benzene rings is 1. The summed E-state index contributed by atoms with van der Waals surface area (Å²) in [6, 6.07) is 7.00. The van der Waals surface area contributed by atoms with Crippen molar-refractivity contribution in [3.63, 3.8) is 0 Å². The number of likely N-dealkylation sites (tertiary alicyclic amines) is 2. The summed E-state index contributed by atoms with van der Waals surface area (Å²) < 4.78 is 30.4. The van der Waals surface area contributed by atoms with Crippen molar-refractivity contribution in [1.29, 1.82) is 0 Å². The fourth-order valence-electron chi connectivity index (χ4n) is 6.26. The van der Waals surface area contributed by atoms with Gasteiger partial charge < -0.3 is 9.64 Å². The Morgan fingerprint density at radius 1 is 0.951 bits per heavy atom. The highest BCUT2D eigenvalue weighted by Gasteiger charge is 2.40. The number of aryl methyl sites for hydroxylation is 2. The van der Waals surface area contributed by atoms with Crippen LogP contribution >= 0.6 is 0 Å². The predicted molar refractivity (Wildman–Crippen MR) is 157 cm³/mol. The van der Waals surface area contributed by atoms with E-state index in [-0.39, 0.29) is 23.5 Å². The third kappa shape index (κ3) is 6.43. The number of carbonyl (C=O) groups is 1. The molecule has 1 aromatic carbocycles. The highest BCUT2D eigenvalue weighted by molar-refractivity contribution is 7.90. The zero-order chi connectivity index (χ0) is 29.2. The van der Waals surface area contributed by atoms with Gasteiger partial charge in [0.25, 0.3) is 5.91 Å². The summed E-state index contributed by atoms with van der Waals surface area (Å²) in [5.74, 6) is 0.796. The van der Waals surface area contributed by atoms with Crippen LogP contribution < -0.4 is 4.74 Å². The molecule has 2 aliphatic heterocycles. The lowest BCUT2D eigenvalue weighted by atomic mass is 9.82. The number of piperidine rings is 2. The first kappa shape index (κ1) is 29.1. The van der Waals surface area contributed by atoms with Gasteiger partial charge in [0.2, 0.25) is 5.88 Å². The number of amides is 1. The molecule has 3 aromatic rings. The molecule has 1 unspecified atom stereocenters. The summed E-state index contributed by atoms with van der Waals surface area (Å²) >= 11 is 0. The molecule has 2 fully saturated rings. The van der Waals surface area contributed by atoms with E-state index in [2.05, 4.69) is 26.8 Å². The lowest BCUT2D eigenvalue weighted by Crippen LogP contribution is -2.56. The minimum absolute atomic E-state index is 0.0302. The maximum absolute atomic E-state index is 13.3. The van der Waals surface area contributed by atoms with Gasteiger partial charge in [-0.05, 0) is 88.4 Å². The van der Waals surface area contributed by atoms with E-state index in [0.29, 0.717) is 10.8 Å². The number of rotatable bonds is 7. The van der Waals surface area contributed by atoms with Crippen LogP contribution in [-0.4, -0.2) is 77.1 Å². The van der Waals surface area contributed by atoms with Crippen molar-refractivity contribution in [2.24, 2.45) is 5.92 Å². The SMILES string of the molecule is Cc1cncc(C)c1C(=O)N1CCC(C)(N2CCC(C(Oc3cnccn3)c3ccc(S(C)(=O)=O)cc3)CC2)CC1. The molecule has 1 atom stereocenters. The minimum Gasteiger partial charge on any atom is -0.468 e. The maximum atomic E-state index is 13.3. The highest BCUT2D eigenvalue weighted by Crippen LogP contribution is 2.39. The molecular formula is C31H39N5O4S. The smallest absolute Gasteiger partial charge is 0.254 e. The van der Waals surface area contributed by atoms with Crippen LogP contribution in [0.3, 0.4) is 0 Å². The average molecular weight is 578 g/mol. The van der Waals surface area contributed by atoms with Gasteiger partial charge >= 0.3 is 0 Å². The molecule has 0 saturated carbocycles. The fourth-order valence-corrected chi connectivity index (χ4v) is 6.89. The van der Waals surface area contributed by atoms with Gasteiger partial charge in [-0.15, -0.1) is 0 Å². The van der Waals surface area contributed by atoms with Crippen molar-refractivity contribution in [3.05, 3.63) is 77.5 Å². The van der Waals surface area contributed by atoms with Gasteiger partial charge in [-0.3, -0.25) is 19.7 Å². The minimum atomic E-state index is -3.28. The van der Waals surface area contributed by atoms with Crippen molar-refractivity contribution >= 4 is 15.7 Å². The second-order valence-corrected chi connectivity index (χ2v) is 13.7. The zero-order valence-corrected chi connectivity index (χ0v) is 25.1. The van der Waals surface area contributed by atoms with E-state index in [1.54, 1.807) is 43.1 Å². The van der Waals surface area contributed by atoms with Crippen LogP contribution in [0.5, 0.6) is 5.88 Å². The molecule has 218 valence electrons. The Labute approximate surface area is 242 Å². The second-order valence-electron chi connectivity index (χ2n) is 11.7. The van der Waals surface area contributed by atoms with E-state index in [9.17, 15) is 13.2 Å². The predicted octanol–water partition coefficient (Wildman–Crippen LogP) is 4.42. The van der Waals surface area contributed by atoms with Crippen LogP contribution in [0.4, 0.5) is 0 Å². The summed E-state index contributed by atoms with van der Waals surface area (Å²) in [5, 5.41) is 0. The number of sulfone groups is 1. The van der Waals surface area contributed by atoms with Crippen molar-refractivity contribution in [1.82, 2.24) is 24.8 Å². The van der Waals surface area contributed by atoms with Gasteiger partial charge in [-0.2, -0.15) is 0 Å². The molecule has 0 spiro atoms. The second kappa shape index (κ2) is 11.9. The van der Waals surface area contributed by atoms with Crippen LogP contribution in [0.1, 0.15) is 65.8 Å². The molecule has 0 N–H and O–H groups in total. The average Bonchev–Trinajstić information content (AvgIpc) is 2.96. The highest BCUT2D eigenvalue weighted by atomic mass is 32.2. The molecule has 1 amide bonds. The molecule has 0 aliphatic carbocycles. The van der Waals surface area contributed by atoms with Crippen LogP contribution in [0.25, 0.3) is 0 Å². The molecule has 4 heterocycles. The first-order valence-corrected chi connectivity index (χ1v) is 16.1. The van der Waals surface area contributed by atoms with Crippen LogP contribution in [0, 0.1) is 19.8 Å². The van der Waals surface area contributed by atoms with Gasteiger partial charge in [0.15, 0.2) is 9.84 Å². The number of pyridine rings is 1. The Morgan fingerprint density at radius 2 is 1.59 bits per heavy atom. The number of hydrogen-bond acceptors (Lipinski definition) is 8. The summed E-state index contributed by atoms with van der Waals surface area (Å²) in [6.45, 7) is 9.57. The van der Waals surface area contributed by atoms with Gasteiger partial charge in [0.05, 0.1) is 11.1 Å².